The molecule has 17 heavy (non-hydrogen) atoms. The number of rotatable bonds is 11. The highest BCUT2D eigenvalue weighted by Crippen LogP contribution is 2.14. The predicted octanol–water partition coefficient (Wildman–Crippen LogP) is 3.27. The molecule has 2 N–H and O–H groups in total. The second kappa shape index (κ2) is 11.9. The van der Waals surface area contributed by atoms with Gasteiger partial charge < -0.3 is 10.5 Å². The second-order valence-corrected chi connectivity index (χ2v) is 4.62. The van der Waals surface area contributed by atoms with Crippen molar-refractivity contribution in [1.82, 2.24) is 0 Å². The maximum atomic E-state index is 11.7. The van der Waals surface area contributed by atoms with Gasteiger partial charge in [0, 0.05) is 0 Å². The summed E-state index contributed by atoms with van der Waals surface area (Å²) in [5.74, 6) is 0.110. The molecule has 0 aliphatic heterocycles. The lowest BCUT2D eigenvalue weighted by molar-refractivity contribution is -0.149. The van der Waals surface area contributed by atoms with Gasteiger partial charge in [-0.3, -0.25) is 4.79 Å². The van der Waals surface area contributed by atoms with Crippen LogP contribution in [0.25, 0.3) is 0 Å². The molecule has 3 heteroatoms. The summed E-state index contributed by atoms with van der Waals surface area (Å²) < 4.78 is 5.30. The Morgan fingerprint density at radius 3 is 2.41 bits per heavy atom. The molecular formula is C14H29NO2. The van der Waals surface area contributed by atoms with Gasteiger partial charge in [0.05, 0.1) is 12.5 Å². The summed E-state index contributed by atoms with van der Waals surface area (Å²) in [5, 5.41) is 0. The third kappa shape index (κ3) is 9.16. The summed E-state index contributed by atoms with van der Waals surface area (Å²) >= 11 is 0. The number of ether oxygens (including phenoxy) is 1. The van der Waals surface area contributed by atoms with Crippen LogP contribution >= 0.6 is 0 Å². The molecule has 0 heterocycles. The molecule has 0 aliphatic carbocycles. The van der Waals surface area contributed by atoms with Gasteiger partial charge in [-0.2, -0.15) is 0 Å². The van der Waals surface area contributed by atoms with Crippen LogP contribution in [-0.2, 0) is 9.53 Å². The molecular weight excluding hydrogens is 214 g/mol. The van der Waals surface area contributed by atoms with Crippen molar-refractivity contribution in [2.75, 3.05) is 13.2 Å². The van der Waals surface area contributed by atoms with Crippen molar-refractivity contribution < 1.29 is 9.53 Å². The third-order valence-electron chi connectivity index (χ3n) is 3.08. The molecule has 0 fully saturated rings. The Labute approximate surface area is 106 Å². The number of esters is 1. The molecule has 0 saturated carbocycles. The largest absolute Gasteiger partial charge is 0.465 e. The van der Waals surface area contributed by atoms with Gasteiger partial charge in [0.25, 0.3) is 0 Å². The molecule has 0 radical (unpaired) electrons. The fourth-order valence-electron chi connectivity index (χ4n) is 1.83. The molecule has 3 nitrogen and oxygen atoms in total. The normalized spacial score (nSPS) is 12.4. The van der Waals surface area contributed by atoms with Crippen molar-refractivity contribution in [2.24, 2.45) is 11.7 Å². The Balaban J connectivity index is 3.54. The summed E-state index contributed by atoms with van der Waals surface area (Å²) in [5.41, 5.74) is 5.41. The first-order valence-electron chi connectivity index (χ1n) is 7.12. The fourth-order valence-corrected chi connectivity index (χ4v) is 1.83. The maximum absolute atomic E-state index is 11.7. The summed E-state index contributed by atoms with van der Waals surface area (Å²) in [4.78, 5) is 11.7. The van der Waals surface area contributed by atoms with E-state index in [1.54, 1.807) is 0 Å². The quantitative estimate of drug-likeness (QED) is 0.447. The Hall–Kier alpha value is -0.570. The van der Waals surface area contributed by atoms with Gasteiger partial charge in [-0.15, -0.1) is 0 Å². The molecule has 0 rings (SSSR count). The van der Waals surface area contributed by atoms with Crippen LogP contribution in [0.4, 0.5) is 0 Å². The van der Waals surface area contributed by atoms with E-state index in [1.807, 2.05) is 0 Å². The topological polar surface area (TPSA) is 52.3 Å². The molecule has 0 aromatic carbocycles. The minimum atomic E-state index is -0.000208. The third-order valence-corrected chi connectivity index (χ3v) is 3.08. The zero-order valence-electron chi connectivity index (χ0n) is 11.5. The lowest BCUT2D eigenvalue weighted by atomic mass is 10.00. The van der Waals surface area contributed by atoms with E-state index in [9.17, 15) is 4.79 Å². The molecule has 1 unspecified atom stereocenters. The Morgan fingerprint density at radius 2 is 1.82 bits per heavy atom. The molecule has 102 valence electrons. The molecule has 0 aromatic heterocycles. The highest BCUT2D eigenvalue weighted by Gasteiger charge is 2.16. The van der Waals surface area contributed by atoms with E-state index in [1.165, 1.54) is 0 Å². The molecule has 0 aromatic rings. The monoisotopic (exact) mass is 243 g/mol. The van der Waals surface area contributed by atoms with Crippen molar-refractivity contribution in [3.8, 4) is 0 Å². The predicted molar refractivity (Wildman–Crippen MR) is 71.8 cm³/mol. The molecule has 0 aliphatic rings. The number of nitrogens with two attached hydrogens (primary N) is 1. The number of hydrogen-bond acceptors (Lipinski definition) is 3. The van der Waals surface area contributed by atoms with E-state index in [0.717, 1.165) is 57.9 Å². The first-order valence-corrected chi connectivity index (χ1v) is 7.12. The molecule has 0 saturated heterocycles. The minimum absolute atomic E-state index is 0.000208. The average molecular weight is 243 g/mol. The number of hydrogen-bond donors (Lipinski definition) is 1. The first kappa shape index (κ1) is 16.4. The van der Waals surface area contributed by atoms with Crippen LogP contribution in [0.1, 0.15) is 65.2 Å². The van der Waals surface area contributed by atoms with E-state index < -0.39 is 0 Å². The fraction of sp³-hybridized carbons (Fsp3) is 0.929. The lowest BCUT2D eigenvalue weighted by Crippen LogP contribution is -2.17. The van der Waals surface area contributed by atoms with E-state index >= 15 is 0 Å². The standard InChI is InChI=1S/C14H29NO2/c1-3-5-10-13(4-2)14(16)17-12-9-7-6-8-11-15/h13H,3-12,15H2,1-2H3. The number of carbonyl (C=O) groups excluding carboxylic acids is 1. The zero-order valence-corrected chi connectivity index (χ0v) is 11.5. The summed E-state index contributed by atoms with van der Waals surface area (Å²) in [6.07, 6.45) is 8.41. The van der Waals surface area contributed by atoms with Crippen molar-refractivity contribution in [1.29, 1.82) is 0 Å². The smallest absolute Gasteiger partial charge is 0.308 e. The molecule has 0 spiro atoms. The Morgan fingerprint density at radius 1 is 1.12 bits per heavy atom. The molecule has 0 amide bonds. The first-order chi connectivity index (χ1) is 8.26. The van der Waals surface area contributed by atoms with E-state index in [4.69, 9.17) is 10.5 Å². The van der Waals surface area contributed by atoms with Crippen molar-refractivity contribution in [2.45, 2.75) is 65.2 Å². The van der Waals surface area contributed by atoms with Crippen molar-refractivity contribution >= 4 is 5.97 Å². The average Bonchev–Trinajstić information content (AvgIpc) is 2.34. The van der Waals surface area contributed by atoms with Crippen molar-refractivity contribution in [3.63, 3.8) is 0 Å². The molecule has 0 bridgehead atoms. The molecule has 1 atom stereocenters. The van der Waals surface area contributed by atoms with Gasteiger partial charge in [0.2, 0.25) is 0 Å². The van der Waals surface area contributed by atoms with Gasteiger partial charge >= 0.3 is 5.97 Å². The van der Waals surface area contributed by atoms with Gasteiger partial charge in [-0.25, -0.2) is 0 Å². The van der Waals surface area contributed by atoms with Crippen LogP contribution in [0.3, 0.4) is 0 Å². The van der Waals surface area contributed by atoms with E-state index in [-0.39, 0.29) is 11.9 Å². The van der Waals surface area contributed by atoms with Crippen LogP contribution in [-0.4, -0.2) is 19.1 Å². The zero-order chi connectivity index (χ0) is 12.9. The van der Waals surface area contributed by atoms with Crippen molar-refractivity contribution in [3.05, 3.63) is 0 Å². The lowest BCUT2D eigenvalue weighted by Gasteiger charge is -2.13. The Kier molecular flexibility index (Phi) is 11.5. The SMILES string of the molecule is CCCCC(CC)C(=O)OCCCCCCN. The van der Waals surface area contributed by atoms with Crippen LogP contribution in [0.5, 0.6) is 0 Å². The van der Waals surface area contributed by atoms with E-state index in [0.29, 0.717) is 6.61 Å². The summed E-state index contributed by atoms with van der Waals surface area (Å²) in [6, 6.07) is 0. The Bertz CT molecular complexity index is 183. The minimum Gasteiger partial charge on any atom is -0.465 e. The van der Waals surface area contributed by atoms with Gasteiger partial charge in [-0.1, -0.05) is 39.5 Å². The van der Waals surface area contributed by atoms with Gasteiger partial charge in [0.1, 0.15) is 0 Å². The summed E-state index contributed by atoms with van der Waals surface area (Å²) in [6.45, 7) is 5.54. The van der Waals surface area contributed by atoms with Gasteiger partial charge in [0.15, 0.2) is 0 Å². The number of carbonyl (C=O) groups is 1. The van der Waals surface area contributed by atoms with Crippen LogP contribution in [0.2, 0.25) is 0 Å². The van der Waals surface area contributed by atoms with Crippen LogP contribution in [0, 0.1) is 5.92 Å². The highest BCUT2D eigenvalue weighted by atomic mass is 16.5. The summed E-state index contributed by atoms with van der Waals surface area (Å²) in [7, 11) is 0. The highest BCUT2D eigenvalue weighted by molar-refractivity contribution is 5.72. The van der Waals surface area contributed by atoms with Crippen LogP contribution in [0.15, 0.2) is 0 Å². The van der Waals surface area contributed by atoms with Crippen LogP contribution < -0.4 is 5.73 Å². The maximum Gasteiger partial charge on any atom is 0.308 e. The van der Waals surface area contributed by atoms with E-state index in [2.05, 4.69) is 13.8 Å². The van der Waals surface area contributed by atoms with Gasteiger partial charge in [-0.05, 0) is 32.2 Å². The number of unbranched alkanes of at least 4 members (excludes halogenated alkanes) is 4. The second-order valence-electron chi connectivity index (χ2n) is 4.62.